The van der Waals surface area contributed by atoms with Gasteiger partial charge in [0, 0.05) is 49.9 Å². The molecule has 104 valence electrons. The van der Waals surface area contributed by atoms with E-state index in [-0.39, 0.29) is 6.42 Å². The quantitative estimate of drug-likeness (QED) is 0.886. The number of aromatic nitrogens is 1. The van der Waals surface area contributed by atoms with Gasteiger partial charge >= 0.3 is 5.97 Å². The van der Waals surface area contributed by atoms with Gasteiger partial charge in [0.25, 0.3) is 0 Å². The summed E-state index contributed by atoms with van der Waals surface area (Å²) >= 11 is 3.38. The third-order valence-corrected chi connectivity index (χ3v) is 3.75. The Balaban J connectivity index is 1.74. The lowest BCUT2D eigenvalue weighted by Gasteiger charge is -2.34. The lowest BCUT2D eigenvalue weighted by atomic mass is 10.2. The SMILES string of the molecule is O=C(O)CCN1CCN(Cc2ccc(Br)cn2)CC1. The second kappa shape index (κ2) is 6.98. The fourth-order valence-corrected chi connectivity index (χ4v) is 2.39. The standard InChI is InChI=1S/C13H18BrN3O2/c14-11-1-2-12(15-9-11)10-17-7-5-16(6-8-17)4-3-13(18)19/h1-2,9H,3-8,10H2,(H,18,19). The minimum atomic E-state index is -0.721. The van der Waals surface area contributed by atoms with Crippen LogP contribution in [0.25, 0.3) is 0 Å². The van der Waals surface area contributed by atoms with E-state index in [4.69, 9.17) is 5.11 Å². The molecular weight excluding hydrogens is 310 g/mol. The normalized spacial score (nSPS) is 17.5. The topological polar surface area (TPSA) is 56.7 Å². The Morgan fingerprint density at radius 2 is 1.95 bits per heavy atom. The number of rotatable bonds is 5. The molecule has 0 aliphatic carbocycles. The van der Waals surface area contributed by atoms with Crippen LogP contribution in [-0.2, 0) is 11.3 Å². The first-order chi connectivity index (χ1) is 9.13. The van der Waals surface area contributed by atoms with E-state index in [1.54, 1.807) is 0 Å². The average molecular weight is 328 g/mol. The summed E-state index contributed by atoms with van der Waals surface area (Å²) in [5, 5.41) is 8.66. The average Bonchev–Trinajstić information content (AvgIpc) is 2.40. The summed E-state index contributed by atoms with van der Waals surface area (Å²) in [6, 6.07) is 4.03. The van der Waals surface area contributed by atoms with Crippen LogP contribution < -0.4 is 0 Å². The van der Waals surface area contributed by atoms with Gasteiger partial charge < -0.3 is 10.0 Å². The summed E-state index contributed by atoms with van der Waals surface area (Å²) in [6.45, 7) is 5.32. The van der Waals surface area contributed by atoms with Crippen molar-refractivity contribution in [2.45, 2.75) is 13.0 Å². The Labute approximate surface area is 121 Å². The zero-order valence-electron chi connectivity index (χ0n) is 10.8. The number of hydrogen-bond donors (Lipinski definition) is 1. The molecule has 1 aliphatic rings. The molecule has 6 heteroatoms. The van der Waals surface area contributed by atoms with Crippen LogP contribution in [0.15, 0.2) is 22.8 Å². The maximum Gasteiger partial charge on any atom is 0.304 e. The van der Waals surface area contributed by atoms with Crippen molar-refractivity contribution in [2.75, 3.05) is 32.7 Å². The van der Waals surface area contributed by atoms with Gasteiger partial charge in [-0.3, -0.25) is 14.7 Å². The first kappa shape index (κ1) is 14.4. The molecule has 19 heavy (non-hydrogen) atoms. The minimum Gasteiger partial charge on any atom is -0.481 e. The van der Waals surface area contributed by atoms with Gasteiger partial charge in [0.2, 0.25) is 0 Å². The Hall–Kier alpha value is -0.980. The van der Waals surface area contributed by atoms with Crippen molar-refractivity contribution in [2.24, 2.45) is 0 Å². The van der Waals surface area contributed by atoms with Crippen LogP contribution in [0.5, 0.6) is 0 Å². The van der Waals surface area contributed by atoms with Gasteiger partial charge in [-0.15, -0.1) is 0 Å². The van der Waals surface area contributed by atoms with Crippen molar-refractivity contribution in [3.8, 4) is 0 Å². The molecule has 0 saturated carbocycles. The number of aliphatic carboxylic acids is 1. The highest BCUT2D eigenvalue weighted by molar-refractivity contribution is 9.10. The fraction of sp³-hybridized carbons (Fsp3) is 0.538. The van der Waals surface area contributed by atoms with Gasteiger partial charge in [-0.2, -0.15) is 0 Å². The van der Waals surface area contributed by atoms with E-state index in [0.29, 0.717) is 6.54 Å². The number of carboxylic acid groups (broad SMARTS) is 1. The molecule has 0 amide bonds. The van der Waals surface area contributed by atoms with Crippen LogP contribution in [0.1, 0.15) is 12.1 Å². The molecule has 1 aliphatic heterocycles. The van der Waals surface area contributed by atoms with E-state index < -0.39 is 5.97 Å². The first-order valence-electron chi connectivity index (χ1n) is 6.40. The largest absolute Gasteiger partial charge is 0.481 e. The summed E-state index contributed by atoms with van der Waals surface area (Å²) in [4.78, 5) is 19.5. The van der Waals surface area contributed by atoms with E-state index in [1.165, 1.54) is 0 Å². The van der Waals surface area contributed by atoms with Crippen LogP contribution in [0, 0.1) is 0 Å². The Morgan fingerprint density at radius 3 is 2.53 bits per heavy atom. The van der Waals surface area contributed by atoms with Crippen LogP contribution in [-0.4, -0.2) is 58.6 Å². The summed E-state index contributed by atoms with van der Waals surface area (Å²) in [5.41, 5.74) is 1.07. The van der Waals surface area contributed by atoms with Crippen molar-refractivity contribution in [1.29, 1.82) is 0 Å². The minimum absolute atomic E-state index is 0.230. The molecule has 0 atom stereocenters. The van der Waals surface area contributed by atoms with Gasteiger partial charge in [0.05, 0.1) is 12.1 Å². The van der Waals surface area contributed by atoms with Crippen molar-refractivity contribution in [3.63, 3.8) is 0 Å². The molecule has 0 radical (unpaired) electrons. The van der Waals surface area contributed by atoms with E-state index in [2.05, 4.69) is 30.7 Å². The van der Waals surface area contributed by atoms with Crippen LogP contribution in [0.2, 0.25) is 0 Å². The maximum atomic E-state index is 10.5. The molecule has 0 spiro atoms. The zero-order valence-corrected chi connectivity index (χ0v) is 12.3. The number of nitrogens with zero attached hydrogens (tertiary/aromatic N) is 3. The first-order valence-corrected chi connectivity index (χ1v) is 7.20. The third kappa shape index (κ3) is 4.89. The molecule has 2 rings (SSSR count). The van der Waals surface area contributed by atoms with Crippen LogP contribution in [0.4, 0.5) is 0 Å². The number of piperazine rings is 1. The predicted molar refractivity (Wildman–Crippen MR) is 75.9 cm³/mol. The highest BCUT2D eigenvalue weighted by Crippen LogP contribution is 2.10. The smallest absolute Gasteiger partial charge is 0.304 e. The molecule has 2 heterocycles. The fourth-order valence-electron chi connectivity index (χ4n) is 2.15. The van der Waals surface area contributed by atoms with E-state index >= 15 is 0 Å². The predicted octanol–water partition coefficient (Wildman–Crippen LogP) is 1.44. The molecule has 1 saturated heterocycles. The Kier molecular flexibility index (Phi) is 5.30. The molecule has 1 fully saturated rings. The molecule has 1 N–H and O–H groups in total. The summed E-state index contributed by atoms with van der Waals surface area (Å²) < 4.78 is 0.995. The lowest BCUT2D eigenvalue weighted by Crippen LogP contribution is -2.46. The van der Waals surface area contributed by atoms with Crippen molar-refractivity contribution >= 4 is 21.9 Å². The van der Waals surface area contributed by atoms with E-state index in [0.717, 1.165) is 42.9 Å². The second-order valence-electron chi connectivity index (χ2n) is 4.73. The van der Waals surface area contributed by atoms with Crippen molar-refractivity contribution in [3.05, 3.63) is 28.5 Å². The molecular formula is C13H18BrN3O2. The molecule has 5 nitrogen and oxygen atoms in total. The molecule has 0 unspecified atom stereocenters. The van der Waals surface area contributed by atoms with Gasteiger partial charge in [0.1, 0.15) is 0 Å². The zero-order chi connectivity index (χ0) is 13.7. The number of carbonyl (C=O) groups is 1. The van der Waals surface area contributed by atoms with Gasteiger partial charge in [-0.25, -0.2) is 0 Å². The number of pyridine rings is 1. The molecule has 1 aromatic rings. The summed E-state index contributed by atoms with van der Waals surface area (Å²) in [6.07, 6.45) is 2.05. The number of hydrogen-bond acceptors (Lipinski definition) is 4. The van der Waals surface area contributed by atoms with E-state index in [1.807, 2.05) is 18.3 Å². The van der Waals surface area contributed by atoms with Crippen LogP contribution in [0.3, 0.4) is 0 Å². The van der Waals surface area contributed by atoms with E-state index in [9.17, 15) is 4.79 Å². The monoisotopic (exact) mass is 327 g/mol. The third-order valence-electron chi connectivity index (χ3n) is 3.28. The highest BCUT2D eigenvalue weighted by atomic mass is 79.9. The molecule has 1 aromatic heterocycles. The van der Waals surface area contributed by atoms with Crippen molar-refractivity contribution < 1.29 is 9.90 Å². The lowest BCUT2D eigenvalue weighted by molar-refractivity contribution is -0.137. The Morgan fingerprint density at radius 1 is 1.26 bits per heavy atom. The molecule has 0 aromatic carbocycles. The Bertz CT molecular complexity index is 416. The van der Waals surface area contributed by atoms with Gasteiger partial charge in [0.15, 0.2) is 0 Å². The van der Waals surface area contributed by atoms with Gasteiger partial charge in [-0.05, 0) is 28.1 Å². The molecule has 0 bridgehead atoms. The number of carboxylic acids is 1. The highest BCUT2D eigenvalue weighted by Gasteiger charge is 2.17. The van der Waals surface area contributed by atoms with Crippen molar-refractivity contribution in [1.82, 2.24) is 14.8 Å². The van der Waals surface area contributed by atoms with Crippen LogP contribution >= 0.6 is 15.9 Å². The maximum absolute atomic E-state index is 10.5. The summed E-state index contributed by atoms with van der Waals surface area (Å²) in [7, 11) is 0. The summed E-state index contributed by atoms with van der Waals surface area (Å²) in [5.74, 6) is -0.721. The van der Waals surface area contributed by atoms with Gasteiger partial charge in [-0.1, -0.05) is 0 Å². The number of halogens is 1. The second-order valence-corrected chi connectivity index (χ2v) is 5.64.